The molecule has 0 N–H and O–H groups in total. The van der Waals surface area contributed by atoms with Gasteiger partial charge in [0.05, 0.1) is 10.6 Å². The molecule has 0 spiro atoms. The highest BCUT2D eigenvalue weighted by atomic mass is 32.2. The number of benzene rings is 2. The van der Waals surface area contributed by atoms with Gasteiger partial charge in [-0.05, 0) is 36.2 Å². The Bertz CT molecular complexity index is 850. The minimum absolute atomic E-state index is 0.0765. The SMILES string of the molecule is Cc1ccccc1S(=O)(=O)N1C(=O)CSC1c1ccc(F)cc1. The fraction of sp³-hybridized carbons (Fsp3) is 0.188. The first-order valence-electron chi connectivity index (χ1n) is 6.91. The average molecular weight is 351 g/mol. The fourth-order valence-corrected chi connectivity index (χ4v) is 5.77. The number of hydrogen-bond donors (Lipinski definition) is 0. The van der Waals surface area contributed by atoms with E-state index in [1.54, 1.807) is 25.1 Å². The Morgan fingerprint density at radius 1 is 1.13 bits per heavy atom. The van der Waals surface area contributed by atoms with Crippen LogP contribution in [0.4, 0.5) is 4.39 Å². The summed E-state index contributed by atoms with van der Waals surface area (Å²) in [7, 11) is -3.96. The molecule has 120 valence electrons. The Balaban J connectivity index is 2.06. The molecule has 1 aliphatic heterocycles. The van der Waals surface area contributed by atoms with E-state index in [0.717, 1.165) is 4.31 Å². The molecule has 0 saturated carbocycles. The molecule has 0 aromatic heterocycles. The molecule has 4 nitrogen and oxygen atoms in total. The molecule has 1 unspecified atom stereocenters. The maximum absolute atomic E-state index is 13.1. The number of nitrogens with zero attached hydrogens (tertiary/aromatic N) is 1. The first-order valence-corrected chi connectivity index (χ1v) is 9.40. The van der Waals surface area contributed by atoms with Crippen LogP contribution in [0.3, 0.4) is 0 Å². The second kappa shape index (κ2) is 5.98. The van der Waals surface area contributed by atoms with E-state index < -0.39 is 27.1 Å². The molecule has 0 radical (unpaired) electrons. The molecule has 1 amide bonds. The summed E-state index contributed by atoms with van der Waals surface area (Å²) >= 11 is 1.22. The molecule has 3 rings (SSSR count). The van der Waals surface area contributed by atoms with Crippen molar-refractivity contribution in [3.8, 4) is 0 Å². The van der Waals surface area contributed by atoms with E-state index in [1.807, 2.05) is 0 Å². The van der Waals surface area contributed by atoms with E-state index in [9.17, 15) is 17.6 Å². The largest absolute Gasteiger partial charge is 0.273 e. The summed E-state index contributed by atoms with van der Waals surface area (Å²) in [5.74, 6) is -0.795. The van der Waals surface area contributed by atoms with Crippen molar-refractivity contribution in [3.05, 3.63) is 65.5 Å². The van der Waals surface area contributed by atoms with Gasteiger partial charge in [-0.1, -0.05) is 30.3 Å². The van der Waals surface area contributed by atoms with Crippen LogP contribution >= 0.6 is 11.8 Å². The summed E-state index contributed by atoms with van der Waals surface area (Å²) < 4.78 is 39.9. The monoisotopic (exact) mass is 351 g/mol. The highest BCUT2D eigenvalue weighted by Gasteiger charge is 2.42. The van der Waals surface area contributed by atoms with Crippen LogP contribution in [0.25, 0.3) is 0 Å². The van der Waals surface area contributed by atoms with Gasteiger partial charge in [0, 0.05) is 0 Å². The van der Waals surface area contributed by atoms with Gasteiger partial charge in [0.2, 0.25) is 5.91 Å². The predicted molar refractivity (Wildman–Crippen MR) is 86.8 cm³/mol. The third-order valence-corrected chi connectivity index (χ3v) is 6.90. The van der Waals surface area contributed by atoms with Crippen molar-refractivity contribution in [3.63, 3.8) is 0 Å². The number of rotatable bonds is 3. The van der Waals surface area contributed by atoms with Gasteiger partial charge in [-0.3, -0.25) is 4.79 Å². The molecule has 1 saturated heterocycles. The highest BCUT2D eigenvalue weighted by Crippen LogP contribution is 2.42. The smallest absolute Gasteiger partial charge is 0.268 e. The van der Waals surface area contributed by atoms with E-state index in [2.05, 4.69) is 0 Å². The Hall–Kier alpha value is -1.86. The molecule has 1 heterocycles. The maximum Gasteiger partial charge on any atom is 0.268 e. The minimum Gasteiger partial charge on any atom is -0.273 e. The molecule has 2 aromatic rings. The number of sulfonamides is 1. The third-order valence-electron chi connectivity index (χ3n) is 3.61. The summed E-state index contributed by atoms with van der Waals surface area (Å²) in [5, 5.41) is -0.673. The number of halogens is 1. The lowest BCUT2D eigenvalue weighted by Crippen LogP contribution is -2.35. The Morgan fingerprint density at radius 3 is 2.43 bits per heavy atom. The molecular formula is C16H14FNO3S2. The number of carbonyl (C=O) groups excluding carboxylic acids is 1. The van der Waals surface area contributed by atoms with E-state index in [1.165, 1.54) is 42.1 Å². The van der Waals surface area contributed by atoms with Crippen molar-refractivity contribution in [1.29, 1.82) is 0 Å². The van der Waals surface area contributed by atoms with Gasteiger partial charge in [-0.2, -0.15) is 0 Å². The summed E-state index contributed by atoms with van der Waals surface area (Å²) in [4.78, 5) is 12.3. The quantitative estimate of drug-likeness (QED) is 0.853. The number of carbonyl (C=O) groups is 1. The summed E-state index contributed by atoms with van der Waals surface area (Å²) in [5.41, 5.74) is 1.16. The van der Waals surface area contributed by atoms with E-state index in [4.69, 9.17) is 0 Å². The number of hydrogen-bond acceptors (Lipinski definition) is 4. The Kier molecular flexibility index (Phi) is 4.16. The molecule has 2 aromatic carbocycles. The zero-order valence-electron chi connectivity index (χ0n) is 12.3. The van der Waals surface area contributed by atoms with Crippen LogP contribution < -0.4 is 0 Å². The van der Waals surface area contributed by atoms with Crippen molar-refractivity contribution >= 4 is 27.7 Å². The summed E-state index contributed by atoms with van der Waals surface area (Å²) in [6.07, 6.45) is 0. The van der Waals surface area contributed by atoms with Crippen LogP contribution in [0.15, 0.2) is 53.4 Å². The van der Waals surface area contributed by atoms with Gasteiger partial charge < -0.3 is 0 Å². The summed E-state index contributed by atoms with van der Waals surface area (Å²) in [6, 6.07) is 12.1. The lowest BCUT2D eigenvalue weighted by molar-refractivity contribution is -0.123. The van der Waals surface area contributed by atoms with Gasteiger partial charge >= 0.3 is 0 Å². The van der Waals surface area contributed by atoms with Crippen LogP contribution in [-0.2, 0) is 14.8 Å². The van der Waals surface area contributed by atoms with Crippen LogP contribution in [0.2, 0.25) is 0 Å². The van der Waals surface area contributed by atoms with E-state index in [-0.39, 0.29) is 10.6 Å². The van der Waals surface area contributed by atoms with Crippen LogP contribution in [0.1, 0.15) is 16.5 Å². The molecule has 1 aliphatic rings. The normalized spacial score (nSPS) is 18.4. The first-order chi connectivity index (χ1) is 10.9. The number of aryl methyl sites for hydroxylation is 1. The fourth-order valence-electron chi connectivity index (χ4n) is 2.48. The third kappa shape index (κ3) is 2.86. The molecule has 1 atom stereocenters. The van der Waals surface area contributed by atoms with E-state index >= 15 is 0 Å². The van der Waals surface area contributed by atoms with Crippen molar-refractivity contribution < 1.29 is 17.6 Å². The van der Waals surface area contributed by atoms with Crippen molar-refractivity contribution in [2.75, 3.05) is 5.75 Å². The van der Waals surface area contributed by atoms with Gasteiger partial charge in [-0.25, -0.2) is 17.1 Å². The van der Waals surface area contributed by atoms with Gasteiger partial charge in [-0.15, -0.1) is 11.8 Å². The van der Waals surface area contributed by atoms with Crippen LogP contribution in [0, 0.1) is 12.7 Å². The van der Waals surface area contributed by atoms with Crippen LogP contribution in [-0.4, -0.2) is 24.4 Å². The Morgan fingerprint density at radius 2 is 1.78 bits per heavy atom. The Labute approximate surface area is 138 Å². The number of thioether (sulfide) groups is 1. The van der Waals surface area contributed by atoms with Crippen molar-refractivity contribution in [2.45, 2.75) is 17.2 Å². The van der Waals surface area contributed by atoms with Crippen molar-refractivity contribution in [2.24, 2.45) is 0 Å². The predicted octanol–water partition coefficient (Wildman–Crippen LogP) is 3.10. The average Bonchev–Trinajstić information content (AvgIpc) is 2.91. The van der Waals surface area contributed by atoms with E-state index in [0.29, 0.717) is 11.1 Å². The maximum atomic E-state index is 13.1. The molecule has 0 bridgehead atoms. The summed E-state index contributed by atoms with van der Waals surface area (Å²) in [6.45, 7) is 1.69. The van der Waals surface area contributed by atoms with Crippen molar-refractivity contribution in [1.82, 2.24) is 4.31 Å². The lowest BCUT2D eigenvalue weighted by atomic mass is 10.2. The topological polar surface area (TPSA) is 54.5 Å². The molecule has 1 fully saturated rings. The van der Waals surface area contributed by atoms with Gasteiger partial charge in [0.25, 0.3) is 10.0 Å². The molecule has 7 heteroatoms. The second-order valence-corrected chi connectivity index (χ2v) is 8.03. The standard InChI is InChI=1S/C16H14FNO3S2/c1-11-4-2-3-5-14(11)23(20,21)18-15(19)10-22-16(18)12-6-8-13(17)9-7-12/h2-9,16H,10H2,1H3. The molecule has 23 heavy (non-hydrogen) atoms. The number of amides is 1. The highest BCUT2D eigenvalue weighted by molar-refractivity contribution is 8.02. The zero-order valence-corrected chi connectivity index (χ0v) is 13.9. The first kappa shape index (κ1) is 16.0. The van der Waals surface area contributed by atoms with Crippen LogP contribution in [0.5, 0.6) is 0 Å². The minimum atomic E-state index is -3.96. The van der Waals surface area contributed by atoms with Gasteiger partial charge in [0.1, 0.15) is 11.2 Å². The lowest BCUT2D eigenvalue weighted by Gasteiger charge is -2.24. The molecular weight excluding hydrogens is 337 g/mol. The van der Waals surface area contributed by atoms with Gasteiger partial charge in [0.15, 0.2) is 0 Å². The molecule has 0 aliphatic carbocycles. The second-order valence-electron chi connectivity index (χ2n) is 5.18. The zero-order chi connectivity index (χ0) is 16.6.